The van der Waals surface area contributed by atoms with Crippen LogP contribution in [0.25, 0.3) is 10.1 Å². The lowest BCUT2D eigenvalue weighted by Crippen LogP contribution is -2.38. The fraction of sp³-hybridized carbons (Fsp3) is 0.318. The maximum atomic E-state index is 13.4. The Hall–Kier alpha value is -2.48. The fourth-order valence-corrected chi connectivity index (χ4v) is 4.01. The highest BCUT2D eigenvalue weighted by atomic mass is 32.1. The van der Waals surface area contributed by atoms with Gasteiger partial charge in [-0.1, -0.05) is 6.07 Å². The first-order chi connectivity index (χ1) is 14.1. The molecule has 1 atom stereocenters. The average molecular weight is 416 g/mol. The number of fused-ring (bicyclic) bond motifs is 1. The van der Waals surface area contributed by atoms with E-state index in [1.54, 1.807) is 35.9 Å². The largest absolute Gasteiger partial charge is 0.374 e. The summed E-state index contributed by atoms with van der Waals surface area (Å²) in [5.74, 6) is -0.785. The summed E-state index contributed by atoms with van der Waals surface area (Å²) in [5.41, 5.74) is 4.11. The second-order valence-corrected chi connectivity index (χ2v) is 8.05. The van der Waals surface area contributed by atoms with Crippen LogP contribution in [0.3, 0.4) is 0 Å². The number of unbranched alkanes of at least 4 members (excludes halogenated alkanes) is 1. The molecule has 5 nitrogen and oxygen atoms in total. The lowest BCUT2D eigenvalue weighted by Gasteiger charge is -2.18. The molecule has 4 N–H and O–H groups in total. The van der Waals surface area contributed by atoms with E-state index in [9.17, 15) is 9.18 Å². The number of halogens is 1. The Morgan fingerprint density at radius 3 is 2.83 bits per heavy atom. The molecule has 0 saturated carbocycles. The maximum absolute atomic E-state index is 13.4. The minimum Gasteiger partial charge on any atom is -0.374 e. The number of amides is 1. The molecule has 0 aliphatic carbocycles. The molecule has 0 spiro atoms. The minimum absolute atomic E-state index is 0.289. The molecule has 0 unspecified atom stereocenters. The number of hydrogen-bond donors (Lipinski definition) is 4. The van der Waals surface area contributed by atoms with Crippen LogP contribution in [0.4, 0.5) is 10.1 Å². The van der Waals surface area contributed by atoms with E-state index < -0.39 is 11.9 Å². The molecule has 3 rings (SSSR count). The van der Waals surface area contributed by atoms with E-state index in [0.29, 0.717) is 17.7 Å². The Labute approximate surface area is 173 Å². The number of carbonyl (C=O) groups is 1. The maximum Gasteiger partial charge on any atom is 0.265 e. The molecule has 1 aromatic heterocycles. The highest BCUT2D eigenvalue weighted by Gasteiger charge is 2.17. The topological polar surface area (TPSA) is 73.4 Å². The van der Waals surface area contributed by atoms with E-state index in [0.717, 1.165) is 25.9 Å². The van der Waals surface area contributed by atoms with Gasteiger partial charge in [-0.15, -0.1) is 11.3 Å². The van der Waals surface area contributed by atoms with Crippen molar-refractivity contribution in [3.05, 3.63) is 64.8 Å². The van der Waals surface area contributed by atoms with Gasteiger partial charge in [0.25, 0.3) is 5.91 Å². The average Bonchev–Trinajstić information content (AvgIpc) is 3.19. The van der Waals surface area contributed by atoms with Gasteiger partial charge in [-0.3, -0.25) is 10.0 Å². The number of thiophene rings is 1. The first-order valence-electron chi connectivity index (χ1n) is 9.70. The third-order valence-electron chi connectivity index (χ3n) is 4.87. The van der Waals surface area contributed by atoms with Crippen LogP contribution >= 0.6 is 11.3 Å². The molecule has 29 heavy (non-hydrogen) atoms. The highest BCUT2D eigenvalue weighted by molar-refractivity contribution is 7.17. The van der Waals surface area contributed by atoms with Crippen molar-refractivity contribution in [1.29, 1.82) is 0 Å². The third kappa shape index (κ3) is 6.00. The Bertz CT molecular complexity index is 960. The van der Waals surface area contributed by atoms with Crippen molar-refractivity contribution in [1.82, 2.24) is 10.8 Å². The van der Waals surface area contributed by atoms with Gasteiger partial charge in [-0.05, 0) is 91.0 Å². The van der Waals surface area contributed by atoms with Gasteiger partial charge in [0, 0.05) is 16.9 Å². The van der Waals surface area contributed by atoms with Gasteiger partial charge in [0.1, 0.15) is 11.9 Å². The molecular formula is C22H26FN3O2S. The number of hydrogen-bond acceptors (Lipinski definition) is 5. The lowest BCUT2D eigenvalue weighted by molar-refractivity contribution is -0.130. The summed E-state index contributed by atoms with van der Waals surface area (Å²) in [4.78, 5) is 11.9. The van der Waals surface area contributed by atoms with Crippen molar-refractivity contribution >= 4 is 33.0 Å². The molecule has 0 aliphatic heterocycles. The highest BCUT2D eigenvalue weighted by Crippen LogP contribution is 2.21. The van der Waals surface area contributed by atoms with Crippen molar-refractivity contribution in [2.75, 3.05) is 11.9 Å². The summed E-state index contributed by atoms with van der Waals surface area (Å²) < 4.78 is 14.7. The Morgan fingerprint density at radius 2 is 2.03 bits per heavy atom. The monoisotopic (exact) mass is 415 g/mol. The van der Waals surface area contributed by atoms with Crippen molar-refractivity contribution < 1.29 is 14.4 Å². The summed E-state index contributed by atoms with van der Waals surface area (Å²) in [5, 5.41) is 18.9. The van der Waals surface area contributed by atoms with Crippen LogP contribution in [0.15, 0.2) is 47.8 Å². The van der Waals surface area contributed by atoms with E-state index >= 15 is 0 Å². The molecule has 3 aromatic rings. The molecule has 1 heterocycles. The molecule has 7 heteroatoms. The van der Waals surface area contributed by atoms with E-state index in [1.807, 2.05) is 0 Å². The van der Waals surface area contributed by atoms with E-state index in [4.69, 9.17) is 5.21 Å². The van der Waals surface area contributed by atoms with Gasteiger partial charge in [0.15, 0.2) is 0 Å². The Balaban J connectivity index is 1.42. The Kier molecular flexibility index (Phi) is 7.57. The Morgan fingerprint density at radius 1 is 1.17 bits per heavy atom. The molecule has 0 saturated heterocycles. The zero-order valence-electron chi connectivity index (χ0n) is 16.4. The van der Waals surface area contributed by atoms with Crippen LogP contribution in [0.2, 0.25) is 0 Å². The third-order valence-corrected chi connectivity index (χ3v) is 5.77. The normalized spacial score (nSPS) is 12.1. The number of aryl methyl sites for hydroxylation is 1. The summed E-state index contributed by atoms with van der Waals surface area (Å²) in [6.07, 6.45) is 2.27. The van der Waals surface area contributed by atoms with Gasteiger partial charge in [-0.25, -0.2) is 9.87 Å². The quantitative estimate of drug-likeness (QED) is 0.222. The minimum atomic E-state index is -0.578. The van der Waals surface area contributed by atoms with E-state index in [1.165, 1.54) is 21.7 Å². The summed E-state index contributed by atoms with van der Waals surface area (Å²) in [6.45, 7) is 3.31. The SMILES string of the molecule is Cc1cc(N[C@H](CCCCNCc2ccc3sccc3c2)C(=O)NO)ccc1F. The van der Waals surface area contributed by atoms with E-state index in [2.05, 4.69) is 40.3 Å². The summed E-state index contributed by atoms with van der Waals surface area (Å²) in [7, 11) is 0. The first-order valence-corrected chi connectivity index (χ1v) is 10.6. The number of nitrogens with one attached hydrogen (secondary N) is 3. The standard InChI is InChI=1S/C22H26FN3O2S/c1-15-12-18(6-7-19(15)23)25-20(22(27)26-28)4-2-3-10-24-14-16-5-8-21-17(13-16)9-11-29-21/h5-9,11-13,20,24-25,28H,2-4,10,14H2,1H3,(H,26,27)/t20-/m1/s1. The van der Waals surface area contributed by atoms with Gasteiger partial charge >= 0.3 is 0 Å². The van der Waals surface area contributed by atoms with Crippen LogP contribution in [-0.2, 0) is 11.3 Å². The summed E-state index contributed by atoms with van der Waals surface area (Å²) >= 11 is 1.74. The number of anilines is 1. The number of rotatable bonds is 10. The molecule has 0 bridgehead atoms. The van der Waals surface area contributed by atoms with Crippen molar-refractivity contribution in [3.63, 3.8) is 0 Å². The summed E-state index contributed by atoms with van der Waals surface area (Å²) in [6, 6.07) is 12.7. The van der Waals surface area contributed by atoms with Crippen molar-refractivity contribution in [2.24, 2.45) is 0 Å². The molecule has 1 amide bonds. The molecule has 2 aromatic carbocycles. The van der Waals surface area contributed by atoms with Crippen molar-refractivity contribution in [2.45, 2.75) is 38.8 Å². The van der Waals surface area contributed by atoms with E-state index in [-0.39, 0.29) is 5.82 Å². The molecule has 0 radical (unpaired) electrons. The van der Waals surface area contributed by atoms with Crippen molar-refractivity contribution in [3.8, 4) is 0 Å². The number of hydroxylamine groups is 1. The molecular weight excluding hydrogens is 389 g/mol. The fourth-order valence-electron chi connectivity index (χ4n) is 3.24. The lowest BCUT2D eigenvalue weighted by atomic mass is 10.1. The van der Waals surface area contributed by atoms with Crippen LogP contribution in [0, 0.1) is 12.7 Å². The van der Waals surface area contributed by atoms with Crippen LogP contribution in [0.5, 0.6) is 0 Å². The second kappa shape index (κ2) is 10.3. The predicted molar refractivity (Wildman–Crippen MR) is 116 cm³/mol. The molecule has 0 fully saturated rings. The number of benzene rings is 2. The zero-order chi connectivity index (χ0) is 20.6. The second-order valence-electron chi connectivity index (χ2n) is 7.10. The smallest absolute Gasteiger partial charge is 0.265 e. The van der Waals surface area contributed by atoms with Gasteiger partial charge < -0.3 is 10.6 Å². The van der Waals surface area contributed by atoms with Gasteiger partial charge in [0.05, 0.1) is 0 Å². The zero-order valence-corrected chi connectivity index (χ0v) is 17.2. The molecule has 154 valence electrons. The van der Waals surface area contributed by atoms with Crippen LogP contribution < -0.4 is 16.1 Å². The number of carbonyl (C=O) groups excluding carboxylic acids is 1. The van der Waals surface area contributed by atoms with Crippen LogP contribution in [-0.4, -0.2) is 23.7 Å². The van der Waals surface area contributed by atoms with Gasteiger partial charge in [-0.2, -0.15) is 0 Å². The van der Waals surface area contributed by atoms with Gasteiger partial charge in [0.2, 0.25) is 0 Å². The first kappa shape index (κ1) is 21.2. The molecule has 0 aliphatic rings. The predicted octanol–water partition coefficient (Wildman–Crippen LogP) is 4.59. The van der Waals surface area contributed by atoms with Crippen LogP contribution in [0.1, 0.15) is 30.4 Å².